The second-order valence-corrected chi connectivity index (χ2v) is 8.49. The highest BCUT2D eigenvalue weighted by molar-refractivity contribution is 6.30. The van der Waals surface area contributed by atoms with Gasteiger partial charge in [-0.25, -0.2) is 19.1 Å². The maximum absolute atomic E-state index is 13.4. The lowest BCUT2D eigenvalue weighted by Crippen LogP contribution is -2.57. The van der Waals surface area contributed by atoms with Crippen molar-refractivity contribution >= 4 is 34.2 Å². The molecule has 5 N–H and O–H groups in total. The molecule has 4 rings (SSSR count). The third-order valence-corrected chi connectivity index (χ3v) is 6.05. The maximum atomic E-state index is 13.4. The van der Waals surface area contributed by atoms with Crippen LogP contribution in [0.2, 0.25) is 5.02 Å². The van der Waals surface area contributed by atoms with Gasteiger partial charge < -0.3 is 15.7 Å². The van der Waals surface area contributed by atoms with E-state index in [1.165, 1.54) is 4.57 Å². The van der Waals surface area contributed by atoms with Gasteiger partial charge in [-0.2, -0.15) is 10.6 Å². The largest absolute Gasteiger partial charge is 0.373 e. The van der Waals surface area contributed by atoms with Crippen molar-refractivity contribution in [3.05, 3.63) is 90.9 Å². The Labute approximate surface area is 203 Å². The molecular formula is C23H24ClN7O4. The molecule has 0 atom stereocenters. The molecule has 0 aliphatic rings. The molecule has 12 heteroatoms. The van der Waals surface area contributed by atoms with Crippen LogP contribution < -0.4 is 28.7 Å². The van der Waals surface area contributed by atoms with Gasteiger partial charge in [0.25, 0.3) is 0 Å². The normalized spacial score (nSPS) is 11.8. The minimum Gasteiger partial charge on any atom is -0.373 e. The Morgan fingerprint density at radius 3 is 2.49 bits per heavy atom. The van der Waals surface area contributed by atoms with Crippen molar-refractivity contribution in [2.75, 3.05) is 5.84 Å². The van der Waals surface area contributed by atoms with E-state index in [1.54, 1.807) is 30.3 Å². The Balaban J connectivity index is 1.93. The number of fused-ring (bicyclic) bond motifs is 1. The lowest BCUT2D eigenvalue weighted by molar-refractivity contribution is -0.144. The summed E-state index contributed by atoms with van der Waals surface area (Å²) in [6.07, 6.45) is -0.286. The topological polar surface area (TPSA) is 155 Å². The fourth-order valence-electron chi connectivity index (χ4n) is 3.77. The first kappa shape index (κ1) is 24.0. The van der Waals surface area contributed by atoms with Crippen LogP contribution in [0, 0.1) is 13.8 Å². The summed E-state index contributed by atoms with van der Waals surface area (Å²) < 4.78 is 2.89. The molecule has 4 aromatic rings. The number of nitrogens with zero attached hydrogens (tertiary/aromatic N) is 4. The third-order valence-electron chi connectivity index (χ3n) is 5.80. The maximum Gasteiger partial charge on any atom is 0.353 e. The Bertz CT molecular complexity index is 1610. The van der Waals surface area contributed by atoms with Crippen LogP contribution in [0.3, 0.4) is 0 Å². The molecule has 2 heterocycles. The number of nitrogens with one attached hydrogen (secondary N) is 1. The predicted octanol–water partition coefficient (Wildman–Crippen LogP) is 1.36. The molecule has 0 radical (unpaired) electrons. The zero-order chi connectivity index (χ0) is 25.3. The number of aromatic nitrogens is 4. The number of aromatic amines is 1. The van der Waals surface area contributed by atoms with Gasteiger partial charge in [0.15, 0.2) is 0 Å². The van der Waals surface area contributed by atoms with E-state index in [0.717, 1.165) is 37.0 Å². The second-order valence-electron chi connectivity index (χ2n) is 8.06. The molecule has 0 aliphatic carbocycles. The number of nitrogen functional groups attached to an aromatic ring is 1. The van der Waals surface area contributed by atoms with Gasteiger partial charge in [0, 0.05) is 28.2 Å². The van der Waals surface area contributed by atoms with Crippen LogP contribution in [-0.2, 0) is 22.7 Å². The van der Waals surface area contributed by atoms with Crippen LogP contribution in [0.25, 0.3) is 10.9 Å². The van der Waals surface area contributed by atoms with Gasteiger partial charge in [-0.15, -0.1) is 0 Å². The standard InChI is InChI=1S/C23H24ClN7O4/c1-13-14(2)27-19-8-7-17(11-18(13)19)28-21-30(12-15-3-5-16(24)6-4-15)22(33)29(23(34)31(21)25)10-9-20(32)35-26/h3-8,11,27H,9-10,12,25-26H2,1-2H3/b28-21-. The van der Waals surface area contributed by atoms with Crippen molar-refractivity contribution in [3.8, 4) is 0 Å². The molecule has 35 heavy (non-hydrogen) atoms. The summed E-state index contributed by atoms with van der Waals surface area (Å²) in [4.78, 5) is 49.8. The van der Waals surface area contributed by atoms with Gasteiger partial charge in [-0.05, 0) is 55.3 Å². The van der Waals surface area contributed by atoms with E-state index in [-0.39, 0.29) is 25.1 Å². The molecule has 0 amide bonds. The first-order chi connectivity index (χ1) is 16.7. The first-order valence-electron chi connectivity index (χ1n) is 10.7. The number of carbonyl (C=O) groups is 1. The van der Waals surface area contributed by atoms with Crippen LogP contribution in [0.5, 0.6) is 0 Å². The Hall–Kier alpha value is -4.09. The highest BCUT2D eigenvalue weighted by Crippen LogP contribution is 2.25. The number of rotatable bonds is 6. The average molecular weight is 498 g/mol. The van der Waals surface area contributed by atoms with E-state index >= 15 is 0 Å². The molecule has 0 saturated carbocycles. The van der Waals surface area contributed by atoms with E-state index in [2.05, 4.69) is 14.8 Å². The summed E-state index contributed by atoms with van der Waals surface area (Å²) in [6.45, 7) is 3.76. The molecule has 2 aromatic carbocycles. The van der Waals surface area contributed by atoms with Crippen LogP contribution in [0.4, 0.5) is 5.69 Å². The minimum absolute atomic E-state index is 0.0538. The van der Waals surface area contributed by atoms with Gasteiger partial charge >= 0.3 is 17.3 Å². The molecule has 0 unspecified atom stereocenters. The summed E-state index contributed by atoms with van der Waals surface area (Å²) >= 11 is 5.99. The van der Waals surface area contributed by atoms with Crippen molar-refractivity contribution < 1.29 is 9.63 Å². The first-order valence-corrected chi connectivity index (χ1v) is 11.1. The van der Waals surface area contributed by atoms with Crippen LogP contribution in [-0.4, -0.2) is 24.8 Å². The van der Waals surface area contributed by atoms with Crippen LogP contribution in [0.15, 0.2) is 57.0 Å². The van der Waals surface area contributed by atoms with Crippen molar-refractivity contribution in [2.24, 2.45) is 10.9 Å². The van der Waals surface area contributed by atoms with Gasteiger partial charge in [-0.3, -0.25) is 9.36 Å². The molecule has 0 bridgehead atoms. The molecule has 0 aliphatic heterocycles. The van der Waals surface area contributed by atoms with Crippen molar-refractivity contribution in [3.63, 3.8) is 0 Å². The van der Waals surface area contributed by atoms with Gasteiger partial charge in [0.05, 0.1) is 18.7 Å². The van der Waals surface area contributed by atoms with E-state index < -0.39 is 17.3 Å². The molecule has 0 saturated heterocycles. The smallest absolute Gasteiger partial charge is 0.353 e. The van der Waals surface area contributed by atoms with E-state index in [9.17, 15) is 14.4 Å². The Kier molecular flexibility index (Phi) is 6.63. The van der Waals surface area contributed by atoms with Crippen LogP contribution >= 0.6 is 11.6 Å². The van der Waals surface area contributed by atoms with E-state index in [4.69, 9.17) is 23.3 Å². The highest BCUT2D eigenvalue weighted by Gasteiger charge is 2.15. The summed E-state index contributed by atoms with van der Waals surface area (Å²) in [7, 11) is 0. The fourth-order valence-corrected chi connectivity index (χ4v) is 3.90. The van der Waals surface area contributed by atoms with Gasteiger partial charge in [0.1, 0.15) is 0 Å². The lowest BCUT2D eigenvalue weighted by atomic mass is 10.1. The predicted molar refractivity (Wildman–Crippen MR) is 132 cm³/mol. The number of carbonyl (C=O) groups excluding carboxylic acids is 1. The Morgan fingerprint density at radius 1 is 1.09 bits per heavy atom. The molecule has 182 valence electrons. The van der Waals surface area contributed by atoms with Crippen molar-refractivity contribution in [1.29, 1.82) is 0 Å². The zero-order valence-electron chi connectivity index (χ0n) is 19.1. The van der Waals surface area contributed by atoms with Crippen LogP contribution in [0.1, 0.15) is 23.2 Å². The molecule has 0 spiro atoms. The fraction of sp³-hybridized carbons (Fsp3) is 0.217. The second kappa shape index (κ2) is 9.65. The quantitative estimate of drug-likeness (QED) is 0.270. The minimum atomic E-state index is -0.833. The molecule has 0 fully saturated rings. The molecular weight excluding hydrogens is 474 g/mol. The van der Waals surface area contributed by atoms with Crippen molar-refractivity contribution in [1.82, 2.24) is 18.8 Å². The SMILES string of the molecule is Cc1[nH]c2ccc(/N=c3\n(N)c(=O)n(CCC(=O)ON)c(=O)n3Cc3ccc(Cl)cc3)cc2c1C. The van der Waals surface area contributed by atoms with Gasteiger partial charge in [-0.1, -0.05) is 23.7 Å². The zero-order valence-corrected chi connectivity index (χ0v) is 19.9. The highest BCUT2D eigenvalue weighted by atomic mass is 35.5. The summed E-state index contributed by atoms with van der Waals surface area (Å²) in [6, 6.07) is 12.4. The van der Waals surface area contributed by atoms with Crippen molar-refractivity contribution in [2.45, 2.75) is 33.4 Å². The third kappa shape index (κ3) is 4.77. The Morgan fingerprint density at radius 2 is 1.80 bits per heavy atom. The monoisotopic (exact) mass is 497 g/mol. The lowest BCUT2D eigenvalue weighted by Gasteiger charge is -2.14. The average Bonchev–Trinajstić information content (AvgIpc) is 3.13. The van der Waals surface area contributed by atoms with E-state index in [1.807, 2.05) is 26.0 Å². The number of halogens is 1. The number of aryl methyl sites for hydroxylation is 2. The number of H-pyrrole nitrogens is 1. The number of benzene rings is 2. The number of nitrogens with two attached hydrogens (primary N) is 2. The summed E-state index contributed by atoms with van der Waals surface area (Å²) in [5, 5.41) is 1.50. The number of hydrogen-bond acceptors (Lipinski definition) is 7. The van der Waals surface area contributed by atoms with E-state index in [0.29, 0.717) is 10.7 Å². The molecule has 2 aromatic heterocycles. The molecule has 11 nitrogen and oxygen atoms in total. The number of hydrogen-bond donors (Lipinski definition) is 3. The summed E-state index contributed by atoms with van der Waals surface area (Å²) in [5.41, 5.74) is 2.70. The summed E-state index contributed by atoms with van der Waals surface area (Å²) in [5.74, 6) is 10.2. The van der Waals surface area contributed by atoms with Gasteiger partial charge in [0.2, 0.25) is 5.62 Å².